The van der Waals surface area contributed by atoms with E-state index in [1.165, 1.54) is 25.0 Å². The zero-order chi connectivity index (χ0) is 73.4. The molecule has 5 saturated heterocycles. The first-order valence-corrected chi connectivity index (χ1v) is 33.9. The van der Waals surface area contributed by atoms with E-state index in [0.717, 1.165) is 56.6 Å². The second-order valence-electron chi connectivity index (χ2n) is 27.0. The highest BCUT2D eigenvalue weighted by atomic mass is 16.2. The minimum absolute atomic E-state index is 0.00465. The lowest BCUT2D eigenvalue weighted by molar-refractivity contribution is -0.122. The van der Waals surface area contributed by atoms with Crippen molar-refractivity contribution in [3.63, 3.8) is 0 Å². The Morgan fingerprint density at radius 2 is 0.716 bits per heavy atom. The van der Waals surface area contributed by atoms with Crippen LogP contribution < -0.4 is 73.4 Å². The van der Waals surface area contributed by atoms with Gasteiger partial charge in [0.25, 0.3) is 11.8 Å². The van der Waals surface area contributed by atoms with E-state index in [9.17, 15) is 43.2 Å². The van der Waals surface area contributed by atoms with Gasteiger partial charge in [0.05, 0.1) is 90.8 Å². The predicted octanol–water partition coefficient (Wildman–Crippen LogP) is 11.4. The quantitative estimate of drug-likeness (QED) is 0.0550. The number of nitrogens with one attached hydrogen (secondary N) is 9. The number of amides is 9. The Morgan fingerprint density at radius 1 is 0.353 bits per heavy atom. The van der Waals surface area contributed by atoms with Gasteiger partial charge in [0.2, 0.25) is 41.4 Å². The van der Waals surface area contributed by atoms with Crippen molar-refractivity contribution >= 4 is 104 Å². The summed E-state index contributed by atoms with van der Waals surface area (Å²) in [4.78, 5) is 105. The lowest BCUT2D eigenvalue weighted by atomic mass is 9.87. The van der Waals surface area contributed by atoms with Crippen LogP contribution in [0.25, 0.3) is 0 Å². The number of aryl methyl sites for hydroxylation is 2. The van der Waals surface area contributed by atoms with Crippen molar-refractivity contribution in [3.05, 3.63) is 234 Å². The molecule has 23 heteroatoms. The van der Waals surface area contributed by atoms with Crippen LogP contribution in [0.1, 0.15) is 111 Å². The topological polar surface area (TPSA) is 278 Å². The van der Waals surface area contributed by atoms with E-state index in [-0.39, 0.29) is 88.2 Å². The third kappa shape index (κ3) is 20.6. The molecule has 13 rings (SSSR count). The van der Waals surface area contributed by atoms with Crippen LogP contribution in [0.2, 0.25) is 0 Å². The molecule has 530 valence electrons. The molecule has 8 aromatic rings. The fraction of sp³-hybridized carbons (Fsp3) is 0.278. The summed E-state index contributed by atoms with van der Waals surface area (Å²) < 4.78 is 0. The Balaban J connectivity index is 0.000000150. The molecule has 102 heavy (non-hydrogen) atoms. The van der Waals surface area contributed by atoms with E-state index in [0.29, 0.717) is 49.5 Å². The first-order chi connectivity index (χ1) is 48.6. The number of anilines is 9. The van der Waals surface area contributed by atoms with E-state index in [4.69, 9.17) is 0 Å². The summed E-state index contributed by atoms with van der Waals surface area (Å²) >= 11 is 0. The molecule has 5 atom stereocenters. The van der Waals surface area contributed by atoms with Crippen LogP contribution in [0, 0.1) is 37.5 Å². The summed E-state index contributed by atoms with van der Waals surface area (Å²) in [5.41, 5.74) is 27.4. The Bertz CT molecular complexity index is 4320. The van der Waals surface area contributed by atoms with Crippen LogP contribution in [0.3, 0.4) is 0 Å². The van der Waals surface area contributed by atoms with Crippen molar-refractivity contribution in [1.82, 2.24) is 27.1 Å². The van der Waals surface area contributed by atoms with Gasteiger partial charge in [-0.1, -0.05) is 133 Å². The molecule has 0 radical (unpaired) electrons. The molecule has 9 N–H and O–H groups in total. The van der Waals surface area contributed by atoms with Gasteiger partial charge in [0, 0.05) is 47.7 Å². The summed E-state index contributed by atoms with van der Waals surface area (Å²) in [6.45, 7) is 24.2. The van der Waals surface area contributed by atoms with Gasteiger partial charge in [-0.15, -0.1) is 0 Å². The minimum Gasteiger partial charge on any atom is -0.326 e. The molecule has 0 saturated carbocycles. The molecule has 23 nitrogen and oxygen atoms in total. The average molecular weight is 1380 g/mol. The fourth-order valence-electron chi connectivity index (χ4n) is 11.4. The molecule has 8 aromatic carbocycles. The minimum atomic E-state index is -0.151. The Hall–Kier alpha value is -12.0. The Morgan fingerprint density at radius 3 is 1.14 bits per heavy atom. The molecule has 0 aliphatic carbocycles. The number of benzene rings is 8. The maximum absolute atomic E-state index is 12.5. The van der Waals surface area contributed by atoms with Crippen molar-refractivity contribution < 1.29 is 43.2 Å². The zero-order valence-electron chi connectivity index (χ0n) is 59.4. The van der Waals surface area contributed by atoms with E-state index >= 15 is 0 Å². The summed E-state index contributed by atoms with van der Waals surface area (Å²) in [6, 6.07) is 62.8. The van der Waals surface area contributed by atoms with Gasteiger partial charge in [-0.25, -0.2) is 0 Å². The second kappa shape index (κ2) is 33.7. The first-order valence-electron chi connectivity index (χ1n) is 33.9. The molecular weight excluding hydrogens is 1290 g/mol. The predicted molar refractivity (Wildman–Crippen MR) is 401 cm³/mol. The standard InChI is InChI=1S/C21H25N3O2.C18H19N3O2.C16H16N2O.2C12H15N3O2/c1-14-13-24(23-19(14)25)18-7-5-6-17(12-18)22-20(26)15-8-10-16(11-9-15)21(2,3)4;1-12-4-3-5-14(10-12)18(23)19-15-6-8-16(9-7-15)21-11-13(2)17(22)20-21;1-12-6-5-9-14(10-12)18-11-15(16(19)17-18)13-7-3-2-4-8-13;1-8-7-15(14-12(8)17)11-5-3-10(4-6-11)13-9(2)16;1-8-7-15(14-12(8)17)11-5-3-4-10(6-11)13-9(2)16/h5-12,14H,13H2,1-4H3,(H,22,26)(H,23,25);3-10,13H,11H2,1-2H3,(H,19,23)(H,20,22);2-10,15H,11H2,1H3,(H,17,19);2*3-6,8H,7H2,1-2H3,(H,13,16)(H,14,17). The summed E-state index contributed by atoms with van der Waals surface area (Å²) in [5.74, 6) is -0.497. The molecule has 5 fully saturated rings. The lowest BCUT2D eigenvalue weighted by Gasteiger charge is -2.19. The monoisotopic (exact) mass is 1380 g/mol. The number of carbonyl (C=O) groups excluding carboxylic acids is 9. The van der Waals surface area contributed by atoms with Gasteiger partial charge >= 0.3 is 0 Å². The molecule has 5 aliphatic rings. The Labute approximate surface area is 595 Å². The van der Waals surface area contributed by atoms with Crippen LogP contribution in [-0.4, -0.2) is 85.9 Å². The van der Waals surface area contributed by atoms with Crippen molar-refractivity contribution in [2.45, 2.75) is 87.5 Å². The van der Waals surface area contributed by atoms with Gasteiger partial charge in [0.1, 0.15) is 0 Å². The van der Waals surface area contributed by atoms with E-state index < -0.39 is 0 Å². The molecule has 0 bridgehead atoms. The molecule has 5 aliphatic heterocycles. The number of hydrogen-bond acceptors (Lipinski definition) is 14. The van der Waals surface area contributed by atoms with Crippen molar-refractivity contribution in [3.8, 4) is 0 Å². The van der Waals surface area contributed by atoms with Gasteiger partial charge in [-0.3, -0.25) is 95.3 Å². The van der Waals surface area contributed by atoms with Crippen molar-refractivity contribution in [1.29, 1.82) is 0 Å². The number of hydrazine groups is 5. The third-order valence-corrected chi connectivity index (χ3v) is 17.2. The van der Waals surface area contributed by atoms with Gasteiger partial charge in [0.15, 0.2) is 0 Å². The molecular formula is C79H90N14O9. The molecule has 0 spiro atoms. The maximum Gasteiger partial charge on any atom is 0.255 e. The molecule has 0 aromatic heterocycles. The number of carbonyl (C=O) groups is 9. The first kappa shape index (κ1) is 74.2. The number of hydrogen-bond donors (Lipinski definition) is 9. The normalized spacial score (nSPS) is 18.0. The van der Waals surface area contributed by atoms with Crippen LogP contribution in [0.15, 0.2) is 200 Å². The second-order valence-corrected chi connectivity index (χ2v) is 27.0. The largest absolute Gasteiger partial charge is 0.326 e. The van der Waals surface area contributed by atoms with Gasteiger partial charge in [-0.2, -0.15) is 0 Å². The van der Waals surface area contributed by atoms with Crippen LogP contribution in [-0.2, 0) is 39.0 Å². The van der Waals surface area contributed by atoms with E-state index in [1.807, 2.05) is 232 Å². The van der Waals surface area contributed by atoms with Crippen molar-refractivity contribution in [2.24, 2.45) is 23.7 Å². The highest BCUT2D eigenvalue weighted by Crippen LogP contribution is 2.29. The molecule has 9 amide bonds. The number of rotatable bonds is 12. The van der Waals surface area contributed by atoms with Crippen LogP contribution >= 0.6 is 0 Å². The zero-order valence-corrected chi connectivity index (χ0v) is 59.4. The average Bonchev–Trinajstić information content (AvgIpc) is 1.69. The summed E-state index contributed by atoms with van der Waals surface area (Å²) in [7, 11) is 0. The lowest BCUT2D eigenvalue weighted by Crippen LogP contribution is -2.32. The van der Waals surface area contributed by atoms with Crippen LogP contribution in [0.4, 0.5) is 51.2 Å². The fourth-order valence-corrected chi connectivity index (χ4v) is 11.4. The van der Waals surface area contributed by atoms with Gasteiger partial charge in [-0.05, 0) is 157 Å². The van der Waals surface area contributed by atoms with Crippen molar-refractivity contribution in [2.75, 3.05) is 79.0 Å². The van der Waals surface area contributed by atoms with E-state index in [2.05, 4.69) is 88.2 Å². The summed E-state index contributed by atoms with van der Waals surface area (Å²) in [6.07, 6.45) is 0. The third-order valence-electron chi connectivity index (χ3n) is 17.2. The maximum atomic E-state index is 12.5. The summed E-state index contributed by atoms with van der Waals surface area (Å²) in [5, 5.41) is 20.4. The van der Waals surface area contributed by atoms with Crippen LogP contribution in [0.5, 0.6) is 0 Å². The van der Waals surface area contributed by atoms with Gasteiger partial charge < -0.3 is 21.3 Å². The highest BCUT2D eigenvalue weighted by Gasteiger charge is 2.33. The molecule has 5 heterocycles. The SMILES string of the molecule is CC(=O)Nc1ccc(N2CC(C)C(=O)N2)cc1.CC(=O)Nc1cccc(N2CC(C)C(=O)N2)c1.CC1CN(c2cccc(NC(=O)c3ccc(C(C)(C)C)cc3)c2)NC1=O.Cc1cccc(C(=O)Nc2ccc(N3CC(C)C(=O)N3)cc2)c1.Cc1cccc(N2CC(c3ccccc3)C(=O)N2)c1. The Kier molecular flexibility index (Phi) is 24.5. The molecule has 5 unspecified atom stereocenters. The highest BCUT2D eigenvalue weighted by molar-refractivity contribution is 6.05. The number of nitrogens with zero attached hydrogens (tertiary/aromatic N) is 5. The smallest absolute Gasteiger partial charge is 0.255 e. The van der Waals surface area contributed by atoms with E-state index in [1.54, 1.807) is 16.1 Å².